The second-order valence-electron chi connectivity index (χ2n) is 7.56. The number of carbonyl (C=O) groups is 2. The summed E-state index contributed by atoms with van der Waals surface area (Å²) < 4.78 is 33.0. The average Bonchev–Trinajstić information content (AvgIpc) is 3.49. The van der Waals surface area contributed by atoms with Gasteiger partial charge in [0.25, 0.3) is 10.0 Å². The fraction of sp³-hybridized carbons (Fsp3) is 0.526. The zero-order valence-electron chi connectivity index (χ0n) is 16.6. The van der Waals surface area contributed by atoms with E-state index < -0.39 is 22.1 Å². The van der Waals surface area contributed by atoms with E-state index >= 15 is 0 Å². The van der Waals surface area contributed by atoms with Crippen molar-refractivity contribution in [2.75, 3.05) is 19.6 Å². The molecule has 2 aliphatic heterocycles. The van der Waals surface area contributed by atoms with Crippen molar-refractivity contribution < 1.29 is 22.5 Å². The molecule has 2 amide bonds. The van der Waals surface area contributed by atoms with Crippen molar-refractivity contribution in [2.24, 2.45) is 0 Å². The molecule has 0 saturated carbocycles. The highest BCUT2D eigenvalue weighted by Crippen LogP contribution is 2.30. The Morgan fingerprint density at radius 1 is 1.23 bits per heavy atom. The molecule has 0 aromatic carbocycles. The van der Waals surface area contributed by atoms with E-state index in [4.69, 9.17) is 4.52 Å². The quantitative estimate of drug-likeness (QED) is 0.714. The van der Waals surface area contributed by atoms with Crippen molar-refractivity contribution in [3.8, 4) is 10.6 Å². The number of hydrogen-bond acceptors (Lipinski definition) is 7. The lowest BCUT2D eigenvalue weighted by Crippen LogP contribution is -2.51. The third kappa shape index (κ3) is 4.14. The van der Waals surface area contributed by atoms with Crippen LogP contribution in [-0.2, 0) is 19.6 Å². The maximum Gasteiger partial charge on any atom is 0.250 e. The fourth-order valence-corrected chi connectivity index (χ4v) is 6.40. The zero-order valence-corrected chi connectivity index (χ0v) is 18.2. The Hall–Kier alpha value is -2.24. The molecule has 2 saturated heterocycles. The number of rotatable bonds is 6. The summed E-state index contributed by atoms with van der Waals surface area (Å²) in [6.07, 6.45) is 4.82. The van der Waals surface area contributed by atoms with Crippen molar-refractivity contribution >= 4 is 33.2 Å². The lowest BCUT2D eigenvalue weighted by molar-refractivity contribution is -0.143. The largest absolute Gasteiger partial charge is 0.364 e. The lowest BCUT2D eigenvalue weighted by atomic mass is 10.1. The molecule has 2 aromatic rings. The van der Waals surface area contributed by atoms with Gasteiger partial charge in [0, 0.05) is 25.7 Å². The molecule has 162 valence electrons. The first-order valence-corrected chi connectivity index (χ1v) is 12.3. The smallest absolute Gasteiger partial charge is 0.250 e. The van der Waals surface area contributed by atoms with Crippen LogP contribution in [0.15, 0.2) is 33.2 Å². The minimum Gasteiger partial charge on any atom is -0.364 e. The Kier molecular flexibility index (Phi) is 5.94. The van der Waals surface area contributed by atoms with Gasteiger partial charge in [-0.3, -0.25) is 9.59 Å². The van der Waals surface area contributed by atoms with Gasteiger partial charge in [-0.1, -0.05) is 5.16 Å². The molecule has 1 N–H and O–H groups in total. The minimum absolute atomic E-state index is 0.0675. The Morgan fingerprint density at radius 3 is 2.70 bits per heavy atom. The number of likely N-dealkylation sites (tertiary alicyclic amines) is 2. The number of nitrogens with one attached hydrogen (secondary N) is 1. The number of sulfonamides is 1. The number of hydrogen-bond donors (Lipinski definition) is 1. The van der Waals surface area contributed by atoms with Crippen molar-refractivity contribution in [3.63, 3.8) is 0 Å². The Balaban J connectivity index is 1.41. The van der Waals surface area contributed by atoms with Crippen LogP contribution in [0, 0.1) is 0 Å². The first-order valence-electron chi connectivity index (χ1n) is 9.99. The molecule has 4 rings (SSSR count). The average molecular weight is 453 g/mol. The van der Waals surface area contributed by atoms with Crippen molar-refractivity contribution in [1.29, 1.82) is 0 Å². The Morgan fingerprint density at radius 2 is 2.00 bits per heavy atom. The van der Waals surface area contributed by atoms with Gasteiger partial charge in [-0.15, -0.1) is 11.3 Å². The predicted molar refractivity (Wildman–Crippen MR) is 110 cm³/mol. The molecule has 0 unspecified atom stereocenters. The minimum atomic E-state index is -3.87. The molecule has 2 atom stereocenters. The maximum atomic E-state index is 12.8. The number of carbonyl (C=O) groups excluding carboxylic acids is 2. The number of amides is 2. The first kappa shape index (κ1) is 21.0. The predicted octanol–water partition coefficient (Wildman–Crippen LogP) is 1.68. The normalized spacial score (nSPS) is 21.2. The van der Waals surface area contributed by atoms with Crippen LogP contribution in [-0.4, -0.2) is 66.9 Å². The molecule has 4 heterocycles. The summed E-state index contributed by atoms with van der Waals surface area (Å²) in [5.41, 5.74) is 0.551. The van der Waals surface area contributed by atoms with Gasteiger partial charge in [-0.25, -0.2) is 8.42 Å². The van der Waals surface area contributed by atoms with Gasteiger partial charge in [0.15, 0.2) is 0 Å². The van der Waals surface area contributed by atoms with E-state index in [-0.39, 0.29) is 16.0 Å². The van der Waals surface area contributed by atoms with E-state index in [1.54, 1.807) is 24.0 Å². The number of piperidine rings is 1. The summed E-state index contributed by atoms with van der Waals surface area (Å²) in [6.45, 7) is 3.50. The third-order valence-electron chi connectivity index (χ3n) is 5.57. The Labute approximate surface area is 179 Å². The van der Waals surface area contributed by atoms with Crippen LogP contribution in [0.3, 0.4) is 0 Å². The van der Waals surface area contributed by atoms with Gasteiger partial charge in [-0.2, -0.15) is 4.72 Å². The van der Waals surface area contributed by atoms with Crippen LogP contribution in [0.1, 0.15) is 32.6 Å². The van der Waals surface area contributed by atoms with Crippen LogP contribution in [0.2, 0.25) is 0 Å². The maximum absolute atomic E-state index is 12.8. The van der Waals surface area contributed by atoms with Gasteiger partial charge >= 0.3 is 0 Å². The number of aromatic nitrogens is 1. The SMILES string of the molecule is C[C@H](C(=O)N1CCCCC1)N1CC[C@H](NS(=O)(=O)c2ccc(-c3ccon3)s2)C1=O. The number of nitrogens with zero attached hydrogens (tertiary/aromatic N) is 3. The van der Waals surface area contributed by atoms with Crippen molar-refractivity contribution in [2.45, 2.75) is 48.9 Å². The summed E-state index contributed by atoms with van der Waals surface area (Å²) in [4.78, 5) is 29.5. The molecule has 2 aliphatic rings. The molecule has 11 heteroatoms. The summed E-state index contributed by atoms with van der Waals surface area (Å²) in [6, 6.07) is 3.32. The molecule has 2 aromatic heterocycles. The molecule has 0 spiro atoms. The fourth-order valence-electron chi connectivity index (χ4n) is 3.89. The number of thiophene rings is 1. The van der Waals surface area contributed by atoms with Gasteiger partial charge in [0.05, 0.1) is 4.88 Å². The monoisotopic (exact) mass is 452 g/mol. The second kappa shape index (κ2) is 8.48. The van der Waals surface area contributed by atoms with E-state index in [0.717, 1.165) is 30.6 Å². The Bertz CT molecular complexity index is 1010. The zero-order chi connectivity index (χ0) is 21.3. The highest BCUT2D eigenvalue weighted by Gasteiger charge is 2.40. The van der Waals surface area contributed by atoms with Gasteiger partial charge in [0.2, 0.25) is 11.8 Å². The van der Waals surface area contributed by atoms with Gasteiger partial charge in [-0.05, 0) is 44.7 Å². The highest BCUT2D eigenvalue weighted by atomic mass is 32.2. The molecule has 9 nitrogen and oxygen atoms in total. The van der Waals surface area contributed by atoms with Gasteiger partial charge < -0.3 is 14.3 Å². The molecular formula is C19H24N4O5S2. The summed E-state index contributed by atoms with van der Waals surface area (Å²) in [5, 5.41) is 3.81. The van der Waals surface area contributed by atoms with Crippen molar-refractivity contribution in [3.05, 3.63) is 24.5 Å². The van der Waals surface area contributed by atoms with Crippen molar-refractivity contribution in [1.82, 2.24) is 19.7 Å². The van der Waals surface area contributed by atoms with Crippen LogP contribution in [0.5, 0.6) is 0 Å². The molecular weight excluding hydrogens is 428 g/mol. The standard InChI is InChI=1S/C19H24N4O5S2/c1-13(18(24)22-9-3-2-4-10-22)23-11-7-15(19(23)25)21-30(26,27)17-6-5-16(29-17)14-8-12-28-20-14/h5-6,8,12-13,15,21H,2-4,7,9-11H2,1H3/t13-,15+/m1/s1. The molecule has 0 radical (unpaired) electrons. The van der Waals surface area contributed by atoms with Crippen LogP contribution in [0.25, 0.3) is 10.6 Å². The summed E-state index contributed by atoms with van der Waals surface area (Å²) in [7, 11) is -3.87. The summed E-state index contributed by atoms with van der Waals surface area (Å²) in [5.74, 6) is -0.424. The van der Waals surface area contributed by atoms with Gasteiger partial charge in [0.1, 0.15) is 28.2 Å². The molecule has 30 heavy (non-hydrogen) atoms. The van der Waals surface area contributed by atoms with E-state index in [9.17, 15) is 18.0 Å². The molecule has 0 aliphatic carbocycles. The topological polar surface area (TPSA) is 113 Å². The van der Waals surface area contributed by atoms with E-state index in [0.29, 0.717) is 36.6 Å². The lowest BCUT2D eigenvalue weighted by Gasteiger charge is -2.32. The third-order valence-corrected chi connectivity index (χ3v) is 8.64. The first-order chi connectivity index (χ1) is 14.4. The van der Waals surface area contributed by atoms with E-state index in [1.807, 2.05) is 0 Å². The van der Waals surface area contributed by atoms with Crippen LogP contribution >= 0.6 is 11.3 Å². The molecule has 2 fully saturated rings. The second-order valence-corrected chi connectivity index (χ2v) is 10.6. The van der Waals surface area contributed by atoms with E-state index in [1.165, 1.54) is 17.2 Å². The van der Waals surface area contributed by atoms with Crippen LogP contribution in [0.4, 0.5) is 0 Å². The van der Waals surface area contributed by atoms with E-state index in [2.05, 4.69) is 9.88 Å². The molecule has 0 bridgehead atoms. The highest BCUT2D eigenvalue weighted by molar-refractivity contribution is 7.91. The van der Waals surface area contributed by atoms with Crippen LogP contribution < -0.4 is 4.72 Å². The summed E-state index contributed by atoms with van der Waals surface area (Å²) >= 11 is 1.05.